The lowest BCUT2D eigenvalue weighted by molar-refractivity contribution is 0.507. The molecule has 3 nitrogen and oxygen atoms in total. The van der Waals surface area contributed by atoms with Crippen molar-refractivity contribution in [2.75, 3.05) is 5.73 Å². The molecule has 0 radical (unpaired) electrons. The Morgan fingerprint density at radius 1 is 1.50 bits per heavy atom. The number of rotatable bonds is 2. The molecule has 2 N–H and O–H groups in total. The zero-order valence-corrected chi connectivity index (χ0v) is 11.0. The molecule has 1 aromatic heterocycles. The first-order valence-electron chi connectivity index (χ1n) is 6.30. The molecule has 0 spiro atoms. The van der Waals surface area contributed by atoms with Crippen molar-refractivity contribution < 1.29 is 4.39 Å². The van der Waals surface area contributed by atoms with Crippen molar-refractivity contribution in [3.8, 4) is 0 Å². The first kappa shape index (κ1) is 11.5. The average Bonchev–Trinajstić information content (AvgIpc) is 2.76. The summed E-state index contributed by atoms with van der Waals surface area (Å²) in [4.78, 5) is 4.24. The van der Waals surface area contributed by atoms with Crippen molar-refractivity contribution in [1.29, 1.82) is 0 Å². The van der Waals surface area contributed by atoms with E-state index in [-0.39, 0.29) is 5.82 Å². The molecule has 1 fully saturated rings. The van der Waals surface area contributed by atoms with Crippen LogP contribution in [-0.4, -0.2) is 9.55 Å². The highest BCUT2D eigenvalue weighted by Crippen LogP contribution is 2.52. The third kappa shape index (κ3) is 1.67. The van der Waals surface area contributed by atoms with Gasteiger partial charge in [0.2, 0.25) is 5.95 Å². The van der Waals surface area contributed by atoms with E-state index in [2.05, 4.69) is 18.8 Å². The maximum atomic E-state index is 13.5. The lowest BCUT2D eigenvalue weighted by atomic mass is 10.1. The second-order valence-corrected chi connectivity index (χ2v) is 6.06. The Kier molecular flexibility index (Phi) is 2.22. The van der Waals surface area contributed by atoms with Crippen LogP contribution in [0.15, 0.2) is 12.1 Å². The highest BCUT2D eigenvalue weighted by atomic mass is 19.1. The van der Waals surface area contributed by atoms with E-state index in [0.29, 0.717) is 28.4 Å². The quantitative estimate of drug-likeness (QED) is 0.886. The number of aryl methyl sites for hydroxylation is 1. The van der Waals surface area contributed by atoms with Gasteiger partial charge in [-0.25, -0.2) is 9.37 Å². The summed E-state index contributed by atoms with van der Waals surface area (Å²) in [6.07, 6.45) is 1.21. The summed E-state index contributed by atoms with van der Waals surface area (Å²) in [6.45, 7) is 7.17. The summed E-state index contributed by atoms with van der Waals surface area (Å²) in [5.41, 5.74) is 8.57. The second-order valence-electron chi connectivity index (χ2n) is 6.06. The number of hydrogen-bond donors (Lipinski definition) is 1. The molecular weight excluding hydrogens is 229 g/mol. The van der Waals surface area contributed by atoms with Gasteiger partial charge in [0.25, 0.3) is 0 Å². The third-order valence-electron chi connectivity index (χ3n) is 4.18. The fourth-order valence-electron chi connectivity index (χ4n) is 2.57. The van der Waals surface area contributed by atoms with Gasteiger partial charge in [0, 0.05) is 12.6 Å². The lowest BCUT2D eigenvalue weighted by Crippen LogP contribution is -2.07. The number of nitrogens with two attached hydrogens (primary N) is 1. The molecule has 1 saturated carbocycles. The van der Waals surface area contributed by atoms with Crippen molar-refractivity contribution in [2.45, 2.75) is 33.7 Å². The van der Waals surface area contributed by atoms with Crippen LogP contribution in [0.5, 0.6) is 0 Å². The van der Waals surface area contributed by atoms with Crippen LogP contribution in [0.2, 0.25) is 0 Å². The smallest absolute Gasteiger partial charge is 0.201 e. The number of hydrogen-bond acceptors (Lipinski definition) is 2. The summed E-state index contributed by atoms with van der Waals surface area (Å²) in [5, 5.41) is 0. The molecule has 0 saturated heterocycles. The Bertz CT molecular complexity index is 627. The van der Waals surface area contributed by atoms with Crippen LogP contribution in [0.1, 0.15) is 25.8 Å². The highest BCUT2D eigenvalue weighted by molar-refractivity contribution is 5.79. The lowest BCUT2D eigenvalue weighted by Gasteiger charge is -2.08. The van der Waals surface area contributed by atoms with Crippen molar-refractivity contribution in [3.63, 3.8) is 0 Å². The molecule has 1 aliphatic carbocycles. The fourth-order valence-corrected chi connectivity index (χ4v) is 2.57. The summed E-state index contributed by atoms with van der Waals surface area (Å²) in [6, 6.07) is 3.30. The van der Waals surface area contributed by atoms with Gasteiger partial charge in [0.05, 0.1) is 11.0 Å². The summed E-state index contributed by atoms with van der Waals surface area (Å²) >= 11 is 0. The minimum absolute atomic E-state index is 0.223. The molecule has 0 amide bonds. The summed E-state index contributed by atoms with van der Waals surface area (Å²) in [7, 11) is 0. The fraction of sp³-hybridized carbons (Fsp3) is 0.500. The summed E-state index contributed by atoms with van der Waals surface area (Å²) in [5.74, 6) is 0.902. The van der Waals surface area contributed by atoms with Crippen molar-refractivity contribution in [2.24, 2.45) is 11.3 Å². The molecule has 1 atom stereocenters. The minimum Gasteiger partial charge on any atom is -0.369 e. The monoisotopic (exact) mass is 247 g/mol. The Morgan fingerprint density at radius 3 is 2.78 bits per heavy atom. The number of benzene rings is 1. The van der Waals surface area contributed by atoms with E-state index >= 15 is 0 Å². The zero-order valence-electron chi connectivity index (χ0n) is 11.0. The minimum atomic E-state index is -0.223. The van der Waals surface area contributed by atoms with E-state index in [1.54, 1.807) is 6.92 Å². The normalized spacial score (nSPS) is 21.4. The Morgan fingerprint density at radius 2 is 2.17 bits per heavy atom. The van der Waals surface area contributed by atoms with Gasteiger partial charge in [-0.05, 0) is 36.3 Å². The van der Waals surface area contributed by atoms with Gasteiger partial charge >= 0.3 is 0 Å². The Balaban J connectivity index is 2.05. The molecule has 1 heterocycles. The van der Waals surface area contributed by atoms with Gasteiger partial charge in [-0.1, -0.05) is 13.8 Å². The van der Waals surface area contributed by atoms with Gasteiger partial charge in [0.15, 0.2) is 0 Å². The number of anilines is 1. The van der Waals surface area contributed by atoms with Crippen LogP contribution < -0.4 is 5.73 Å². The van der Waals surface area contributed by atoms with Crippen molar-refractivity contribution in [1.82, 2.24) is 9.55 Å². The molecule has 2 aromatic rings. The molecule has 96 valence electrons. The molecule has 1 aromatic carbocycles. The van der Waals surface area contributed by atoms with Gasteiger partial charge in [-0.3, -0.25) is 0 Å². The molecule has 0 aliphatic heterocycles. The summed E-state index contributed by atoms with van der Waals surface area (Å²) < 4.78 is 15.5. The highest BCUT2D eigenvalue weighted by Gasteiger charge is 2.45. The van der Waals surface area contributed by atoms with Crippen LogP contribution in [-0.2, 0) is 6.54 Å². The van der Waals surface area contributed by atoms with Crippen LogP contribution >= 0.6 is 0 Å². The van der Waals surface area contributed by atoms with E-state index in [9.17, 15) is 4.39 Å². The predicted octanol–water partition coefficient (Wildman–Crippen LogP) is 3.11. The van der Waals surface area contributed by atoms with E-state index < -0.39 is 0 Å². The first-order valence-corrected chi connectivity index (χ1v) is 6.30. The second kappa shape index (κ2) is 3.46. The molecule has 18 heavy (non-hydrogen) atoms. The largest absolute Gasteiger partial charge is 0.369 e. The van der Waals surface area contributed by atoms with E-state index in [1.807, 2.05) is 10.6 Å². The molecule has 1 aliphatic rings. The topological polar surface area (TPSA) is 43.8 Å². The van der Waals surface area contributed by atoms with E-state index in [4.69, 9.17) is 5.73 Å². The molecule has 4 heteroatoms. The number of aromatic nitrogens is 2. The van der Waals surface area contributed by atoms with Crippen LogP contribution in [0.4, 0.5) is 10.3 Å². The van der Waals surface area contributed by atoms with Crippen LogP contribution in [0.3, 0.4) is 0 Å². The number of imidazole rings is 1. The average molecular weight is 247 g/mol. The maximum Gasteiger partial charge on any atom is 0.201 e. The number of nitrogens with zero attached hydrogens (tertiary/aromatic N) is 2. The van der Waals surface area contributed by atoms with Gasteiger partial charge in [-0.15, -0.1) is 0 Å². The first-order chi connectivity index (χ1) is 8.38. The van der Waals surface area contributed by atoms with Crippen LogP contribution in [0.25, 0.3) is 11.0 Å². The van der Waals surface area contributed by atoms with E-state index in [1.165, 1.54) is 12.5 Å². The Labute approximate surface area is 106 Å². The van der Waals surface area contributed by atoms with Gasteiger partial charge < -0.3 is 10.3 Å². The number of halogens is 1. The van der Waals surface area contributed by atoms with Crippen molar-refractivity contribution >= 4 is 17.0 Å². The number of fused-ring (bicyclic) bond motifs is 1. The molecule has 0 bridgehead atoms. The van der Waals surface area contributed by atoms with Crippen molar-refractivity contribution in [3.05, 3.63) is 23.5 Å². The van der Waals surface area contributed by atoms with Crippen LogP contribution in [0, 0.1) is 24.1 Å². The zero-order chi connectivity index (χ0) is 13.1. The van der Waals surface area contributed by atoms with Gasteiger partial charge in [-0.2, -0.15) is 0 Å². The third-order valence-corrected chi connectivity index (χ3v) is 4.18. The molecule has 3 rings (SSSR count). The standard InChI is InChI=1S/C14H18FN3/c1-8-4-12-11(5-10(8)15)17-13(16)18(12)7-9-6-14(9,2)3/h4-5,9H,6-7H2,1-3H3,(H2,16,17). The number of nitrogen functional groups attached to an aromatic ring is 1. The molecule has 1 unspecified atom stereocenters. The Hall–Kier alpha value is -1.58. The SMILES string of the molecule is Cc1cc2c(cc1F)nc(N)n2CC1CC1(C)C. The maximum absolute atomic E-state index is 13.5. The van der Waals surface area contributed by atoms with Gasteiger partial charge in [0.1, 0.15) is 5.82 Å². The molecular formula is C14H18FN3. The van der Waals surface area contributed by atoms with E-state index in [0.717, 1.165) is 12.1 Å². The predicted molar refractivity (Wildman–Crippen MR) is 70.7 cm³/mol.